The molecule has 2 N–H and O–H groups in total. The SMILES string of the molecule is CCNC(=NCc1ccc(N2CCOC(C)C2)nc1)Nc1ccc2c(c1)OCCCO2.I. The Morgan fingerprint density at radius 2 is 2.00 bits per heavy atom. The Hall–Kier alpha value is -2.27. The van der Waals surface area contributed by atoms with Crippen LogP contribution >= 0.6 is 24.0 Å². The average molecular weight is 553 g/mol. The fraction of sp³-hybridized carbons (Fsp3) is 0.478. The highest BCUT2D eigenvalue weighted by atomic mass is 127. The third kappa shape index (κ3) is 6.61. The van der Waals surface area contributed by atoms with E-state index >= 15 is 0 Å². The Labute approximate surface area is 206 Å². The van der Waals surface area contributed by atoms with E-state index in [1.54, 1.807) is 0 Å². The van der Waals surface area contributed by atoms with Crippen LogP contribution in [0.2, 0.25) is 0 Å². The average Bonchev–Trinajstić information content (AvgIpc) is 3.03. The van der Waals surface area contributed by atoms with Gasteiger partial charge in [0, 0.05) is 44.0 Å². The van der Waals surface area contributed by atoms with Crippen molar-refractivity contribution in [1.29, 1.82) is 0 Å². The van der Waals surface area contributed by atoms with Crippen molar-refractivity contribution in [3.8, 4) is 11.5 Å². The van der Waals surface area contributed by atoms with Crippen LogP contribution in [0.4, 0.5) is 11.5 Å². The zero-order valence-corrected chi connectivity index (χ0v) is 21.0. The summed E-state index contributed by atoms with van der Waals surface area (Å²) in [5, 5.41) is 6.64. The van der Waals surface area contributed by atoms with Crippen molar-refractivity contribution in [2.75, 3.05) is 49.7 Å². The van der Waals surface area contributed by atoms with E-state index in [0.717, 1.165) is 61.2 Å². The van der Waals surface area contributed by atoms with Crippen molar-refractivity contribution in [1.82, 2.24) is 10.3 Å². The number of aromatic nitrogens is 1. The molecule has 2 aromatic rings. The van der Waals surface area contributed by atoms with Crippen LogP contribution < -0.4 is 25.0 Å². The zero-order chi connectivity index (χ0) is 21.5. The molecule has 32 heavy (non-hydrogen) atoms. The molecule has 9 heteroatoms. The second kappa shape index (κ2) is 12.1. The Morgan fingerprint density at radius 3 is 2.75 bits per heavy atom. The van der Waals surface area contributed by atoms with Crippen LogP contribution in [-0.2, 0) is 11.3 Å². The number of rotatable bonds is 5. The van der Waals surface area contributed by atoms with Gasteiger partial charge in [0.1, 0.15) is 5.82 Å². The smallest absolute Gasteiger partial charge is 0.196 e. The number of halogens is 1. The van der Waals surface area contributed by atoms with Crippen LogP contribution in [0.1, 0.15) is 25.8 Å². The third-order valence-corrected chi connectivity index (χ3v) is 5.15. The van der Waals surface area contributed by atoms with Gasteiger partial charge in [0.15, 0.2) is 17.5 Å². The van der Waals surface area contributed by atoms with Crippen molar-refractivity contribution in [2.45, 2.75) is 32.9 Å². The van der Waals surface area contributed by atoms with Gasteiger partial charge in [-0.1, -0.05) is 6.07 Å². The lowest BCUT2D eigenvalue weighted by Crippen LogP contribution is -2.41. The van der Waals surface area contributed by atoms with Gasteiger partial charge in [-0.05, 0) is 37.6 Å². The normalized spacial score (nSPS) is 18.4. The van der Waals surface area contributed by atoms with E-state index < -0.39 is 0 Å². The van der Waals surface area contributed by atoms with Gasteiger partial charge >= 0.3 is 0 Å². The van der Waals surface area contributed by atoms with E-state index in [-0.39, 0.29) is 30.1 Å². The molecular formula is C23H32IN5O3. The maximum Gasteiger partial charge on any atom is 0.196 e. The van der Waals surface area contributed by atoms with Crippen LogP contribution in [0.15, 0.2) is 41.5 Å². The van der Waals surface area contributed by atoms with Crippen molar-refractivity contribution < 1.29 is 14.2 Å². The molecular weight excluding hydrogens is 521 g/mol. The number of aliphatic imine (C=N–C) groups is 1. The van der Waals surface area contributed by atoms with Crippen LogP contribution in [0.5, 0.6) is 11.5 Å². The number of anilines is 2. The summed E-state index contributed by atoms with van der Waals surface area (Å²) >= 11 is 0. The molecule has 1 fully saturated rings. The molecule has 0 radical (unpaired) electrons. The predicted octanol–water partition coefficient (Wildman–Crippen LogP) is 3.66. The quantitative estimate of drug-likeness (QED) is 0.333. The summed E-state index contributed by atoms with van der Waals surface area (Å²) in [4.78, 5) is 11.6. The van der Waals surface area contributed by atoms with Gasteiger partial charge in [0.25, 0.3) is 0 Å². The molecule has 1 saturated heterocycles. The highest BCUT2D eigenvalue weighted by molar-refractivity contribution is 14.0. The molecule has 1 atom stereocenters. The van der Waals surface area contributed by atoms with Gasteiger partial charge in [0.2, 0.25) is 0 Å². The van der Waals surface area contributed by atoms with Crippen LogP contribution in [-0.4, -0.2) is 56.5 Å². The minimum absolute atomic E-state index is 0. The number of pyridine rings is 1. The number of nitrogens with zero attached hydrogens (tertiary/aromatic N) is 3. The summed E-state index contributed by atoms with van der Waals surface area (Å²) in [6, 6.07) is 10.0. The van der Waals surface area contributed by atoms with Crippen molar-refractivity contribution in [3.63, 3.8) is 0 Å². The van der Waals surface area contributed by atoms with Gasteiger partial charge in [-0.25, -0.2) is 9.98 Å². The van der Waals surface area contributed by atoms with Crippen LogP contribution in [0.25, 0.3) is 0 Å². The minimum Gasteiger partial charge on any atom is -0.490 e. The number of hydrogen-bond donors (Lipinski definition) is 2. The summed E-state index contributed by atoms with van der Waals surface area (Å²) in [5.41, 5.74) is 1.96. The fourth-order valence-corrected chi connectivity index (χ4v) is 3.58. The number of guanidine groups is 1. The number of fused-ring (bicyclic) bond motifs is 1. The number of morpholine rings is 1. The highest BCUT2D eigenvalue weighted by Gasteiger charge is 2.17. The third-order valence-electron chi connectivity index (χ3n) is 5.15. The molecule has 0 amide bonds. The summed E-state index contributed by atoms with van der Waals surface area (Å²) < 4.78 is 17.1. The highest BCUT2D eigenvalue weighted by Crippen LogP contribution is 2.32. The van der Waals surface area contributed by atoms with Gasteiger partial charge in [-0.3, -0.25) is 0 Å². The first-order valence-corrected chi connectivity index (χ1v) is 11.0. The number of hydrogen-bond acceptors (Lipinski definition) is 6. The molecule has 1 unspecified atom stereocenters. The molecule has 1 aromatic heterocycles. The van der Waals surface area contributed by atoms with Crippen molar-refractivity contribution in [3.05, 3.63) is 42.1 Å². The first-order chi connectivity index (χ1) is 15.2. The van der Waals surface area contributed by atoms with Crippen molar-refractivity contribution in [2.24, 2.45) is 4.99 Å². The Bertz CT molecular complexity index is 894. The molecule has 0 spiro atoms. The molecule has 4 rings (SSSR count). The first kappa shape index (κ1) is 24.4. The molecule has 1 aromatic carbocycles. The molecule has 174 valence electrons. The molecule has 0 saturated carbocycles. The van der Waals surface area contributed by atoms with Crippen LogP contribution in [0.3, 0.4) is 0 Å². The van der Waals surface area contributed by atoms with E-state index in [1.807, 2.05) is 31.3 Å². The van der Waals surface area contributed by atoms with E-state index in [1.165, 1.54) is 0 Å². The van der Waals surface area contributed by atoms with Crippen molar-refractivity contribution >= 4 is 41.4 Å². The Balaban J connectivity index is 0.00000289. The van der Waals surface area contributed by atoms with Crippen LogP contribution in [0, 0.1) is 0 Å². The molecule has 3 heterocycles. The number of benzene rings is 1. The zero-order valence-electron chi connectivity index (χ0n) is 18.7. The summed E-state index contributed by atoms with van der Waals surface area (Å²) in [7, 11) is 0. The first-order valence-electron chi connectivity index (χ1n) is 11.0. The standard InChI is InChI=1S/C23H31N5O3.HI/c1-3-24-23(27-19-6-7-20-21(13-19)31-11-4-10-30-20)26-15-18-5-8-22(25-14-18)28-9-12-29-17(2)16-28;/h5-8,13-14,17H,3-4,9-12,15-16H2,1-2H3,(H2,24,26,27);1H. The largest absolute Gasteiger partial charge is 0.490 e. The summed E-state index contributed by atoms with van der Waals surface area (Å²) in [5.74, 6) is 3.24. The number of nitrogens with one attached hydrogen (secondary N) is 2. The molecule has 2 aliphatic rings. The lowest BCUT2D eigenvalue weighted by Gasteiger charge is -2.32. The van der Waals surface area contributed by atoms with Gasteiger partial charge in [0.05, 0.1) is 32.5 Å². The Kier molecular flexibility index (Phi) is 9.22. The Morgan fingerprint density at radius 1 is 1.16 bits per heavy atom. The minimum atomic E-state index is 0. The maximum atomic E-state index is 5.78. The molecule has 0 bridgehead atoms. The van der Waals surface area contributed by atoms with E-state index in [9.17, 15) is 0 Å². The maximum absolute atomic E-state index is 5.78. The van der Waals surface area contributed by atoms with E-state index in [4.69, 9.17) is 19.2 Å². The summed E-state index contributed by atoms with van der Waals surface area (Å²) in [6.07, 6.45) is 3.02. The van der Waals surface area contributed by atoms with Gasteiger partial charge in [-0.2, -0.15) is 0 Å². The molecule has 0 aliphatic carbocycles. The van der Waals surface area contributed by atoms with E-state index in [0.29, 0.717) is 25.7 Å². The second-order valence-electron chi connectivity index (χ2n) is 7.68. The molecule has 8 nitrogen and oxygen atoms in total. The molecule has 2 aliphatic heterocycles. The summed E-state index contributed by atoms with van der Waals surface area (Å²) in [6.45, 7) is 9.27. The van der Waals surface area contributed by atoms with Gasteiger partial charge < -0.3 is 29.7 Å². The van der Waals surface area contributed by atoms with E-state index in [2.05, 4.69) is 39.6 Å². The lowest BCUT2D eigenvalue weighted by atomic mass is 10.2. The second-order valence-corrected chi connectivity index (χ2v) is 7.68. The fourth-order valence-electron chi connectivity index (χ4n) is 3.58. The topological polar surface area (TPSA) is 80.2 Å². The number of ether oxygens (including phenoxy) is 3. The predicted molar refractivity (Wildman–Crippen MR) is 138 cm³/mol. The lowest BCUT2D eigenvalue weighted by molar-refractivity contribution is 0.0529. The monoisotopic (exact) mass is 553 g/mol. The van der Waals surface area contributed by atoms with Gasteiger partial charge in [-0.15, -0.1) is 24.0 Å².